The Balaban J connectivity index is 2.42. The molecule has 0 aromatic carbocycles. The van der Waals surface area contributed by atoms with Gasteiger partial charge in [-0.05, 0) is 32.6 Å². The first kappa shape index (κ1) is 8.55. The Morgan fingerprint density at radius 2 is 2.00 bits per heavy atom. The van der Waals surface area contributed by atoms with Crippen molar-refractivity contribution < 1.29 is 4.74 Å². The van der Waals surface area contributed by atoms with Crippen LogP contribution in [-0.2, 0) is 4.74 Å². The highest BCUT2D eigenvalue weighted by atomic mass is 16.5. The molecular formula is C9H15NO. The van der Waals surface area contributed by atoms with Gasteiger partial charge in [0.25, 0.3) is 0 Å². The van der Waals surface area contributed by atoms with Crippen LogP contribution in [0.5, 0.6) is 0 Å². The average Bonchev–Trinajstić information content (AvgIpc) is 2.06. The van der Waals surface area contributed by atoms with Crippen LogP contribution in [0.2, 0.25) is 0 Å². The van der Waals surface area contributed by atoms with E-state index in [-0.39, 0.29) is 11.5 Å². The van der Waals surface area contributed by atoms with Gasteiger partial charge in [0.2, 0.25) is 0 Å². The lowest BCUT2D eigenvalue weighted by atomic mass is 9.80. The molecule has 2 heteroatoms. The van der Waals surface area contributed by atoms with Gasteiger partial charge in [-0.1, -0.05) is 0 Å². The highest BCUT2D eigenvalue weighted by molar-refractivity contribution is 4.91. The third-order valence-corrected chi connectivity index (χ3v) is 2.72. The van der Waals surface area contributed by atoms with Crippen LogP contribution < -0.4 is 0 Å². The zero-order valence-corrected chi connectivity index (χ0v) is 7.26. The van der Waals surface area contributed by atoms with Crippen molar-refractivity contribution in [3.05, 3.63) is 0 Å². The van der Waals surface area contributed by atoms with Gasteiger partial charge in [-0.2, -0.15) is 5.26 Å². The summed E-state index contributed by atoms with van der Waals surface area (Å²) in [5.74, 6) is 0.276. The van der Waals surface area contributed by atoms with Crippen molar-refractivity contribution in [2.45, 2.75) is 38.2 Å². The molecule has 0 aromatic rings. The van der Waals surface area contributed by atoms with Crippen molar-refractivity contribution in [3.63, 3.8) is 0 Å². The fraction of sp³-hybridized carbons (Fsp3) is 0.889. The molecule has 1 saturated carbocycles. The van der Waals surface area contributed by atoms with Crippen LogP contribution >= 0.6 is 0 Å². The first-order valence-corrected chi connectivity index (χ1v) is 4.15. The van der Waals surface area contributed by atoms with E-state index >= 15 is 0 Å². The molecule has 0 amide bonds. The van der Waals surface area contributed by atoms with E-state index in [0.29, 0.717) is 0 Å². The standard InChI is InChI=1S/C9H15NO/c1-9(11-2)5-3-8(7-10)4-6-9/h8H,3-6H2,1-2H3. The lowest BCUT2D eigenvalue weighted by Gasteiger charge is -2.33. The van der Waals surface area contributed by atoms with Crippen LogP contribution in [0.25, 0.3) is 0 Å². The first-order chi connectivity index (χ1) is 5.20. The maximum atomic E-state index is 8.64. The van der Waals surface area contributed by atoms with E-state index in [2.05, 4.69) is 13.0 Å². The zero-order valence-electron chi connectivity index (χ0n) is 7.26. The minimum absolute atomic E-state index is 0.0490. The summed E-state index contributed by atoms with van der Waals surface area (Å²) in [6.45, 7) is 2.13. The third-order valence-electron chi connectivity index (χ3n) is 2.72. The van der Waals surface area contributed by atoms with Crippen molar-refractivity contribution in [3.8, 4) is 6.07 Å². The van der Waals surface area contributed by atoms with Gasteiger partial charge in [0.1, 0.15) is 0 Å². The Bertz CT molecular complexity index is 163. The van der Waals surface area contributed by atoms with Crippen LogP contribution in [0.3, 0.4) is 0 Å². The van der Waals surface area contributed by atoms with Gasteiger partial charge in [-0.25, -0.2) is 0 Å². The van der Waals surface area contributed by atoms with E-state index in [0.717, 1.165) is 25.7 Å². The Morgan fingerprint density at radius 3 is 2.36 bits per heavy atom. The highest BCUT2D eigenvalue weighted by Gasteiger charge is 2.30. The molecule has 0 aliphatic heterocycles. The molecule has 11 heavy (non-hydrogen) atoms. The predicted octanol–water partition coefficient (Wildman–Crippen LogP) is 2.11. The lowest BCUT2D eigenvalue weighted by Crippen LogP contribution is -2.32. The van der Waals surface area contributed by atoms with Crippen molar-refractivity contribution in [1.29, 1.82) is 5.26 Å². The van der Waals surface area contributed by atoms with E-state index in [1.165, 1.54) is 0 Å². The number of hydrogen-bond donors (Lipinski definition) is 0. The van der Waals surface area contributed by atoms with E-state index in [4.69, 9.17) is 10.00 Å². The summed E-state index contributed by atoms with van der Waals surface area (Å²) in [5.41, 5.74) is 0.0490. The second-order valence-corrected chi connectivity index (χ2v) is 3.56. The third kappa shape index (κ3) is 1.94. The van der Waals surface area contributed by atoms with E-state index < -0.39 is 0 Å². The molecule has 1 aliphatic rings. The van der Waals surface area contributed by atoms with Gasteiger partial charge >= 0.3 is 0 Å². The Labute approximate surface area is 68.2 Å². The molecule has 0 N–H and O–H groups in total. The smallest absolute Gasteiger partial charge is 0.0655 e. The van der Waals surface area contributed by atoms with Crippen LogP contribution in [0, 0.1) is 17.2 Å². The molecule has 1 fully saturated rings. The molecule has 2 nitrogen and oxygen atoms in total. The molecule has 0 radical (unpaired) electrons. The van der Waals surface area contributed by atoms with Crippen LogP contribution in [0.15, 0.2) is 0 Å². The number of methoxy groups -OCH3 is 1. The minimum atomic E-state index is 0.0490. The molecule has 0 unspecified atom stereocenters. The number of hydrogen-bond acceptors (Lipinski definition) is 2. The number of nitrogens with zero attached hydrogens (tertiary/aromatic N) is 1. The van der Waals surface area contributed by atoms with Crippen molar-refractivity contribution >= 4 is 0 Å². The molecule has 0 heterocycles. The molecular weight excluding hydrogens is 138 g/mol. The summed E-state index contributed by atoms with van der Waals surface area (Å²) in [4.78, 5) is 0. The quantitative estimate of drug-likeness (QED) is 0.578. The fourth-order valence-corrected chi connectivity index (χ4v) is 1.56. The second kappa shape index (κ2) is 3.23. The topological polar surface area (TPSA) is 33.0 Å². The molecule has 0 bridgehead atoms. The Kier molecular flexibility index (Phi) is 2.51. The molecule has 0 aromatic heterocycles. The molecule has 0 spiro atoms. The molecule has 1 rings (SSSR count). The first-order valence-electron chi connectivity index (χ1n) is 4.15. The van der Waals surface area contributed by atoms with Gasteiger partial charge in [0.05, 0.1) is 11.7 Å². The number of ether oxygens (including phenoxy) is 1. The molecule has 0 saturated heterocycles. The van der Waals surface area contributed by atoms with Crippen molar-refractivity contribution in [1.82, 2.24) is 0 Å². The summed E-state index contributed by atoms with van der Waals surface area (Å²) in [5, 5.41) is 8.64. The average molecular weight is 153 g/mol. The van der Waals surface area contributed by atoms with Gasteiger partial charge < -0.3 is 4.74 Å². The molecule has 0 atom stereocenters. The predicted molar refractivity (Wildman–Crippen MR) is 43.0 cm³/mol. The second-order valence-electron chi connectivity index (χ2n) is 3.56. The lowest BCUT2D eigenvalue weighted by molar-refractivity contribution is -0.0290. The maximum Gasteiger partial charge on any atom is 0.0655 e. The van der Waals surface area contributed by atoms with Gasteiger partial charge in [0.15, 0.2) is 0 Å². The van der Waals surface area contributed by atoms with Crippen molar-refractivity contribution in [2.75, 3.05) is 7.11 Å². The van der Waals surface area contributed by atoms with E-state index in [9.17, 15) is 0 Å². The summed E-state index contributed by atoms with van der Waals surface area (Å²) < 4.78 is 5.36. The van der Waals surface area contributed by atoms with Crippen molar-refractivity contribution in [2.24, 2.45) is 5.92 Å². The fourth-order valence-electron chi connectivity index (χ4n) is 1.56. The van der Waals surface area contributed by atoms with Crippen LogP contribution in [0.4, 0.5) is 0 Å². The highest BCUT2D eigenvalue weighted by Crippen LogP contribution is 2.33. The van der Waals surface area contributed by atoms with E-state index in [1.54, 1.807) is 7.11 Å². The SMILES string of the molecule is COC1(C)CCC(C#N)CC1. The normalized spacial score (nSPS) is 38.1. The summed E-state index contributed by atoms with van der Waals surface area (Å²) >= 11 is 0. The molecule has 1 aliphatic carbocycles. The zero-order chi connectivity index (χ0) is 8.32. The number of rotatable bonds is 1. The summed E-state index contributed by atoms with van der Waals surface area (Å²) in [6.07, 6.45) is 4.06. The monoisotopic (exact) mass is 153 g/mol. The Morgan fingerprint density at radius 1 is 1.45 bits per heavy atom. The van der Waals surface area contributed by atoms with Crippen LogP contribution in [-0.4, -0.2) is 12.7 Å². The van der Waals surface area contributed by atoms with Gasteiger partial charge in [-0.15, -0.1) is 0 Å². The minimum Gasteiger partial charge on any atom is -0.379 e. The number of nitriles is 1. The van der Waals surface area contributed by atoms with Gasteiger partial charge in [0, 0.05) is 13.0 Å². The Hall–Kier alpha value is -0.550. The molecule has 62 valence electrons. The summed E-state index contributed by atoms with van der Waals surface area (Å²) in [6, 6.07) is 2.31. The van der Waals surface area contributed by atoms with Gasteiger partial charge in [-0.3, -0.25) is 0 Å². The largest absolute Gasteiger partial charge is 0.379 e. The summed E-state index contributed by atoms with van der Waals surface area (Å²) in [7, 11) is 1.76. The van der Waals surface area contributed by atoms with Crippen LogP contribution in [0.1, 0.15) is 32.6 Å². The maximum absolute atomic E-state index is 8.64. The van der Waals surface area contributed by atoms with E-state index in [1.807, 2.05) is 0 Å².